The van der Waals surface area contributed by atoms with E-state index in [0.717, 1.165) is 30.3 Å². The zero-order valence-electron chi connectivity index (χ0n) is 18.7. The summed E-state index contributed by atoms with van der Waals surface area (Å²) in [5.74, 6) is 2.17. The maximum Gasteiger partial charge on any atom is 0.0809 e. The molecule has 0 aromatic heterocycles. The second kappa shape index (κ2) is 9.49. The van der Waals surface area contributed by atoms with E-state index in [1.807, 2.05) is 6.92 Å². The van der Waals surface area contributed by atoms with Gasteiger partial charge in [-0.25, -0.2) is 0 Å². The smallest absolute Gasteiger partial charge is 0.0809 e. The summed E-state index contributed by atoms with van der Waals surface area (Å²) >= 11 is 0. The third kappa shape index (κ3) is 5.06. The molecule has 0 aromatic carbocycles. The Morgan fingerprint density at radius 2 is 1.79 bits per heavy atom. The third-order valence-corrected chi connectivity index (χ3v) is 8.31. The molecular weight excluding hydrogens is 360 g/mol. The van der Waals surface area contributed by atoms with Crippen LogP contribution in [0.15, 0.2) is 35.5 Å². The van der Waals surface area contributed by atoms with Crippen molar-refractivity contribution in [2.24, 2.45) is 23.2 Å². The lowest BCUT2D eigenvalue weighted by Crippen LogP contribution is -2.36. The monoisotopic (exact) mass is 402 g/mol. The van der Waals surface area contributed by atoms with Crippen LogP contribution in [0.5, 0.6) is 0 Å². The van der Waals surface area contributed by atoms with E-state index in [-0.39, 0.29) is 6.10 Å². The topological polar surface area (TPSA) is 60.7 Å². The molecule has 3 rings (SSSR count). The van der Waals surface area contributed by atoms with Crippen molar-refractivity contribution in [2.75, 3.05) is 0 Å². The fourth-order valence-electron chi connectivity index (χ4n) is 6.58. The van der Waals surface area contributed by atoms with E-state index in [9.17, 15) is 15.3 Å². The van der Waals surface area contributed by atoms with Crippen LogP contribution in [0.4, 0.5) is 0 Å². The fraction of sp³-hybridized carbons (Fsp3) is 0.769. The molecule has 0 heterocycles. The molecule has 0 radical (unpaired) electrons. The van der Waals surface area contributed by atoms with Gasteiger partial charge in [0.25, 0.3) is 0 Å². The van der Waals surface area contributed by atoms with Gasteiger partial charge >= 0.3 is 0 Å². The first-order chi connectivity index (χ1) is 13.7. The van der Waals surface area contributed by atoms with Crippen LogP contribution in [-0.2, 0) is 0 Å². The van der Waals surface area contributed by atoms with Crippen molar-refractivity contribution in [2.45, 2.75) is 103 Å². The number of rotatable bonds is 6. The van der Waals surface area contributed by atoms with E-state index in [1.54, 1.807) is 5.57 Å². The van der Waals surface area contributed by atoms with Crippen molar-refractivity contribution in [1.29, 1.82) is 0 Å². The molecule has 3 saturated carbocycles. The number of hydrogen-bond acceptors (Lipinski definition) is 3. The lowest BCUT2D eigenvalue weighted by Gasteiger charge is -2.44. The Bertz CT molecular complexity index is 630. The highest BCUT2D eigenvalue weighted by Crippen LogP contribution is 2.59. The van der Waals surface area contributed by atoms with Gasteiger partial charge < -0.3 is 15.3 Å². The number of hydrogen-bond donors (Lipinski definition) is 3. The van der Waals surface area contributed by atoms with Gasteiger partial charge in [-0.1, -0.05) is 56.6 Å². The fourth-order valence-corrected chi connectivity index (χ4v) is 6.58. The predicted molar refractivity (Wildman–Crippen MR) is 119 cm³/mol. The lowest BCUT2D eigenvalue weighted by molar-refractivity contribution is 0.0907. The molecule has 3 aliphatic rings. The van der Waals surface area contributed by atoms with Gasteiger partial charge in [0.05, 0.1) is 18.3 Å². The molecule has 0 saturated heterocycles. The minimum Gasteiger partial charge on any atom is -0.393 e. The number of allylic oxidation sites excluding steroid dienone is 3. The molecule has 0 bridgehead atoms. The maximum atomic E-state index is 10.1. The number of aliphatic hydroxyl groups is 3. The van der Waals surface area contributed by atoms with Crippen molar-refractivity contribution >= 4 is 0 Å². The quantitative estimate of drug-likeness (QED) is 0.527. The second-order valence-electron chi connectivity index (χ2n) is 10.4. The van der Waals surface area contributed by atoms with E-state index in [2.05, 4.69) is 32.6 Å². The maximum absolute atomic E-state index is 10.1. The summed E-state index contributed by atoms with van der Waals surface area (Å²) in [5, 5.41) is 29.8. The molecule has 3 N–H and O–H groups in total. The molecule has 3 heteroatoms. The Balaban J connectivity index is 1.68. The molecule has 29 heavy (non-hydrogen) atoms. The first-order valence-electron chi connectivity index (χ1n) is 11.8. The second-order valence-corrected chi connectivity index (χ2v) is 10.4. The van der Waals surface area contributed by atoms with Gasteiger partial charge in [-0.05, 0) is 87.0 Å². The van der Waals surface area contributed by atoms with Gasteiger partial charge in [0.1, 0.15) is 0 Å². The molecule has 0 aromatic rings. The van der Waals surface area contributed by atoms with Crippen molar-refractivity contribution in [3.05, 3.63) is 35.5 Å². The van der Waals surface area contributed by atoms with E-state index in [4.69, 9.17) is 0 Å². The summed E-state index contributed by atoms with van der Waals surface area (Å²) in [6, 6.07) is 0. The van der Waals surface area contributed by atoms with Crippen LogP contribution in [0.2, 0.25) is 0 Å². The highest BCUT2D eigenvalue weighted by Gasteiger charge is 2.50. The minimum absolute atomic E-state index is 0.180. The van der Waals surface area contributed by atoms with Crippen molar-refractivity contribution in [1.82, 2.24) is 0 Å². The third-order valence-electron chi connectivity index (χ3n) is 8.31. The molecule has 7 atom stereocenters. The van der Waals surface area contributed by atoms with Crippen LogP contribution in [-0.4, -0.2) is 33.6 Å². The van der Waals surface area contributed by atoms with Gasteiger partial charge in [0.15, 0.2) is 0 Å². The normalized spacial score (nSPS) is 38.8. The molecule has 3 nitrogen and oxygen atoms in total. The van der Waals surface area contributed by atoms with Gasteiger partial charge in [-0.3, -0.25) is 0 Å². The van der Waals surface area contributed by atoms with Gasteiger partial charge in [-0.2, -0.15) is 0 Å². The van der Waals surface area contributed by atoms with Crippen LogP contribution in [0.1, 0.15) is 85.0 Å². The molecule has 0 aliphatic heterocycles. The minimum atomic E-state index is -0.613. The average molecular weight is 403 g/mol. The Hall–Kier alpha value is -0.900. The predicted octanol–water partition coefficient (Wildman–Crippen LogP) is 5.31. The van der Waals surface area contributed by atoms with Crippen molar-refractivity contribution < 1.29 is 15.3 Å². The van der Waals surface area contributed by atoms with Gasteiger partial charge in [-0.15, -0.1) is 0 Å². The molecular formula is C26H42O3. The van der Waals surface area contributed by atoms with Crippen molar-refractivity contribution in [3.63, 3.8) is 0 Å². The SMILES string of the molecule is C=C1[C@H](O)CC(=C/C=C2\CCC[C@]3(C)[C@@H]([C@@H](C)CCC[C@H](C)O)CC[C@@H]23)C[C@H]1O. The highest BCUT2D eigenvalue weighted by molar-refractivity contribution is 5.29. The summed E-state index contributed by atoms with van der Waals surface area (Å²) in [4.78, 5) is 0. The summed E-state index contributed by atoms with van der Waals surface area (Å²) in [5.41, 5.74) is 3.67. The Morgan fingerprint density at radius 3 is 2.45 bits per heavy atom. The summed E-state index contributed by atoms with van der Waals surface area (Å²) in [6.45, 7) is 10.7. The van der Waals surface area contributed by atoms with Gasteiger partial charge in [0.2, 0.25) is 0 Å². The number of fused-ring (bicyclic) bond motifs is 1. The first kappa shape index (κ1) is 22.8. The van der Waals surface area contributed by atoms with Crippen molar-refractivity contribution in [3.8, 4) is 0 Å². The van der Waals surface area contributed by atoms with E-state index < -0.39 is 12.2 Å². The highest BCUT2D eigenvalue weighted by atomic mass is 16.3. The molecule has 164 valence electrons. The molecule has 0 amide bonds. The lowest BCUT2D eigenvalue weighted by atomic mass is 9.60. The Labute approximate surface area is 177 Å². The first-order valence-corrected chi connectivity index (χ1v) is 11.8. The zero-order valence-corrected chi connectivity index (χ0v) is 18.7. The molecule has 3 fully saturated rings. The van der Waals surface area contributed by atoms with Crippen LogP contribution in [0.3, 0.4) is 0 Å². The summed E-state index contributed by atoms with van der Waals surface area (Å²) in [7, 11) is 0. The Kier molecular flexibility index (Phi) is 7.46. The van der Waals surface area contributed by atoms with Gasteiger partial charge in [0, 0.05) is 0 Å². The largest absolute Gasteiger partial charge is 0.393 e. The summed E-state index contributed by atoms with van der Waals surface area (Å²) < 4.78 is 0. The molecule has 3 aliphatic carbocycles. The van der Waals surface area contributed by atoms with E-state index in [1.165, 1.54) is 38.5 Å². The Morgan fingerprint density at radius 1 is 1.10 bits per heavy atom. The van der Waals surface area contributed by atoms with E-state index in [0.29, 0.717) is 29.7 Å². The average Bonchev–Trinajstić information content (AvgIpc) is 3.01. The summed E-state index contributed by atoms with van der Waals surface area (Å²) in [6.07, 6.45) is 14.0. The van der Waals surface area contributed by atoms with Crippen LogP contribution in [0, 0.1) is 23.2 Å². The number of aliphatic hydroxyl groups excluding tert-OH is 3. The van der Waals surface area contributed by atoms with Crippen LogP contribution >= 0.6 is 0 Å². The molecule has 0 unspecified atom stereocenters. The standard InChI is InChI=1S/C26H42O3/c1-17(7-5-8-18(2)27)22-12-13-23-21(9-6-14-26(22,23)4)11-10-20-15-24(28)19(3)25(29)16-20/h10-11,17-18,22-25,27-29H,3,5-9,12-16H2,1-2,4H3/b21-11+/t17-,18-,22+,23-,24+,25+,26+/m0/s1. The molecule has 0 spiro atoms. The van der Waals surface area contributed by atoms with Crippen LogP contribution in [0.25, 0.3) is 0 Å². The zero-order chi connectivity index (χ0) is 21.2. The van der Waals surface area contributed by atoms with E-state index >= 15 is 0 Å². The van der Waals surface area contributed by atoms with Crippen LogP contribution < -0.4 is 0 Å².